The number of nitrogens with one attached hydrogen (secondary N) is 1. The number of anilines is 2. The van der Waals surface area contributed by atoms with Gasteiger partial charge in [0.15, 0.2) is 0 Å². The zero-order valence-electron chi connectivity index (χ0n) is 10.3. The fourth-order valence-corrected chi connectivity index (χ4v) is 1.49. The molecule has 0 bridgehead atoms. The quantitative estimate of drug-likeness (QED) is 0.842. The van der Waals surface area contributed by atoms with Gasteiger partial charge >= 0.3 is 0 Å². The highest BCUT2D eigenvalue weighted by atomic mass is 16.5. The molecule has 0 atom stereocenters. The molecule has 94 valence electrons. The fraction of sp³-hybridized carbons (Fsp3) is 0.231. The number of hydrogen-bond acceptors (Lipinski definition) is 5. The molecular formula is C13H16N4O. The van der Waals surface area contributed by atoms with E-state index >= 15 is 0 Å². The van der Waals surface area contributed by atoms with Gasteiger partial charge in [-0.15, -0.1) is 0 Å². The summed E-state index contributed by atoms with van der Waals surface area (Å²) in [6, 6.07) is 9.39. The molecule has 18 heavy (non-hydrogen) atoms. The lowest BCUT2D eigenvalue weighted by atomic mass is 10.3. The maximum absolute atomic E-state index is 5.76. The normalized spacial score (nSPS) is 10.1. The Morgan fingerprint density at radius 3 is 2.89 bits per heavy atom. The van der Waals surface area contributed by atoms with Crippen LogP contribution in [0, 0.1) is 0 Å². The van der Waals surface area contributed by atoms with Crippen molar-refractivity contribution in [3.8, 4) is 5.88 Å². The van der Waals surface area contributed by atoms with Gasteiger partial charge in [-0.3, -0.25) is 4.98 Å². The zero-order valence-corrected chi connectivity index (χ0v) is 10.3. The Morgan fingerprint density at radius 2 is 2.17 bits per heavy atom. The van der Waals surface area contributed by atoms with E-state index in [1.807, 2.05) is 31.2 Å². The second kappa shape index (κ2) is 5.86. The van der Waals surface area contributed by atoms with Gasteiger partial charge < -0.3 is 15.8 Å². The van der Waals surface area contributed by atoms with E-state index in [0.717, 1.165) is 11.5 Å². The summed E-state index contributed by atoms with van der Waals surface area (Å²) < 4.78 is 5.34. The van der Waals surface area contributed by atoms with E-state index in [0.29, 0.717) is 24.7 Å². The Kier molecular flexibility index (Phi) is 3.96. The molecule has 0 spiro atoms. The summed E-state index contributed by atoms with van der Waals surface area (Å²) in [6.07, 6.45) is 1.76. The third kappa shape index (κ3) is 3.10. The van der Waals surface area contributed by atoms with Crippen molar-refractivity contribution in [2.45, 2.75) is 13.5 Å². The molecule has 0 aromatic carbocycles. The van der Waals surface area contributed by atoms with E-state index in [4.69, 9.17) is 10.5 Å². The Hall–Kier alpha value is -2.30. The van der Waals surface area contributed by atoms with Crippen molar-refractivity contribution in [3.63, 3.8) is 0 Å². The SMILES string of the molecule is CCOc1nc(NCc2ccccn2)ccc1N. The second-order valence-corrected chi connectivity index (χ2v) is 3.70. The van der Waals surface area contributed by atoms with Gasteiger partial charge in [0, 0.05) is 6.20 Å². The number of rotatable bonds is 5. The highest BCUT2D eigenvalue weighted by Crippen LogP contribution is 2.20. The monoisotopic (exact) mass is 244 g/mol. The Labute approximate surface area is 106 Å². The van der Waals surface area contributed by atoms with Crippen LogP contribution in [0.5, 0.6) is 5.88 Å². The Bertz CT molecular complexity index is 502. The van der Waals surface area contributed by atoms with Gasteiger partial charge in [-0.25, -0.2) is 0 Å². The highest BCUT2D eigenvalue weighted by molar-refractivity contribution is 5.53. The maximum atomic E-state index is 5.76. The molecule has 2 aromatic heterocycles. The summed E-state index contributed by atoms with van der Waals surface area (Å²) in [4.78, 5) is 8.51. The summed E-state index contributed by atoms with van der Waals surface area (Å²) in [5.74, 6) is 1.18. The summed E-state index contributed by atoms with van der Waals surface area (Å²) >= 11 is 0. The standard InChI is InChI=1S/C13H16N4O/c1-2-18-13-11(14)6-7-12(17-13)16-9-10-5-3-4-8-15-10/h3-8H,2,9,14H2,1H3,(H,16,17). The molecule has 0 fully saturated rings. The molecule has 2 aromatic rings. The van der Waals surface area contributed by atoms with Gasteiger partial charge in [0.1, 0.15) is 5.82 Å². The first kappa shape index (κ1) is 12.2. The number of aromatic nitrogens is 2. The average molecular weight is 244 g/mol. The van der Waals surface area contributed by atoms with Crippen LogP contribution in [0.15, 0.2) is 36.5 Å². The van der Waals surface area contributed by atoms with Crippen LogP contribution < -0.4 is 15.8 Å². The van der Waals surface area contributed by atoms with E-state index in [9.17, 15) is 0 Å². The van der Waals surface area contributed by atoms with Crippen molar-refractivity contribution in [1.29, 1.82) is 0 Å². The van der Waals surface area contributed by atoms with Crippen LogP contribution in [0.1, 0.15) is 12.6 Å². The molecule has 2 heterocycles. The molecule has 0 saturated heterocycles. The van der Waals surface area contributed by atoms with Crippen molar-refractivity contribution in [2.75, 3.05) is 17.7 Å². The fourth-order valence-electron chi connectivity index (χ4n) is 1.49. The number of nitrogens with zero attached hydrogens (tertiary/aromatic N) is 2. The van der Waals surface area contributed by atoms with Crippen LogP contribution in [-0.2, 0) is 6.54 Å². The molecule has 2 rings (SSSR count). The minimum Gasteiger partial charge on any atom is -0.476 e. The van der Waals surface area contributed by atoms with Gasteiger partial charge in [-0.2, -0.15) is 4.98 Å². The van der Waals surface area contributed by atoms with Crippen molar-refractivity contribution >= 4 is 11.5 Å². The molecule has 0 amide bonds. The van der Waals surface area contributed by atoms with E-state index < -0.39 is 0 Å². The first-order valence-electron chi connectivity index (χ1n) is 5.82. The van der Waals surface area contributed by atoms with Gasteiger partial charge in [0.25, 0.3) is 0 Å². The van der Waals surface area contributed by atoms with Crippen molar-refractivity contribution < 1.29 is 4.74 Å². The lowest BCUT2D eigenvalue weighted by molar-refractivity contribution is 0.329. The molecule has 5 nitrogen and oxygen atoms in total. The first-order chi connectivity index (χ1) is 8.79. The van der Waals surface area contributed by atoms with E-state index in [1.54, 1.807) is 12.3 Å². The second-order valence-electron chi connectivity index (χ2n) is 3.70. The molecule has 0 saturated carbocycles. The number of hydrogen-bond donors (Lipinski definition) is 2. The Morgan fingerprint density at radius 1 is 1.28 bits per heavy atom. The summed E-state index contributed by atoms with van der Waals surface area (Å²) in [5.41, 5.74) is 7.25. The molecular weight excluding hydrogens is 228 g/mol. The van der Waals surface area contributed by atoms with E-state index in [-0.39, 0.29) is 0 Å². The molecule has 0 aliphatic heterocycles. The molecule has 3 N–H and O–H groups in total. The van der Waals surface area contributed by atoms with Gasteiger partial charge in [0.2, 0.25) is 5.88 Å². The predicted octanol–water partition coefficient (Wildman–Crippen LogP) is 2.07. The zero-order chi connectivity index (χ0) is 12.8. The van der Waals surface area contributed by atoms with Crippen molar-refractivity contribution in [1.82, 2.24) is 9.97 Å². The van der Waals surface area contributed by atoms with E-state index in [1.165, 1.54) is 0 Å². The minimum atomic E-state index is 0.462. The number of pyridine rings is 2. The van der Waals surface area contributed by atoms with Crippen LogP contribution in [0.3, 0.4) is 0 Å². The van der Waals surface area contributed by atoms with Crippen LogP contribution >= 0.6 is 0 Å². The summed E-state index contributed by atoms with van der Waals surface area (Å²) in [5, 5.41) is 3.18. The van der Waals surface area contributed by atoms with Crippen LogP contribution in [-0.4, -0.2) is 16.6 Å². The first-order valence-corrected chi connectivity index (χ1v) is 5.82. The van der Waals surface area contributed by atoms with Crippen LogP contribution in [0.2, 0.25) is 0 Å². The summed E-state index contributed by atoms with van der Waals surface area (Å²) in [6.45, 7) is 3.05. The number of nitrogens with two attached hydrogens (primary N) is 1. The molecule has 0 aliphatic rings. The topological polar surface area (TPSA) is 73.1 Å². The maximum Gasteiger partial charge on any atom is 0.239 e. The highest BCUT2D eigenvalue weighted by Gasteiger charge is 2.03. The summed E-state index contributed by atoms with van der Waals surface area (Å²) in [7, 11) is 0. The Balaban J connectivity index is 2.03. The van der Waals surface area contributed by atoms with Crippen molar-refractivity contribution in [2.24, 2.45) is 0 Å². The largest absolute Gasteiger partial charge is 0.476 e. The van der Waals surface area contributed by atoms with Gasteiger partial charge in [-0.05, 0) is 31.2 Å². The number of ether oxygens (including phenoxy) is 1. The number of nitrogen functional groups attached to an aromatic ring is 1. The third-order valence-electron chi connectivity index (χ3n) is 2.35. The van der Waals surface area contributed by atoms with Crippen LogP contribution in [0.4, 0.5) is 11.5 Å². The smallest absolute Gasteiger partial charge is 0.239 e. The van der Waals surface area contributed by atoms with Gasteiger partial charge in [-0.1, -0.05) is 6.07 Å². The predicted molar refractivity (Wildman–Crippen MR) is 71.4 cm³/mol. The molecule has 0 unspecified atom stereocenters. The lowest BCUT2D eigenvalue weighted by Gasteiger charge is -2.09. The lowest BCUT2D eigenvalue weighted by Crippen LogP contribution is -2.05. The van der Waals surface area contributed by atoms with E-state index in [2.05, 4.69) is 15.3 Å². The molecule has 0 aliphatic carbocycles. The minimum absolute atomic E-state index is 0.462. The van der Waals surface area contributed by atoms with Crippen molar-refractivity contribution in [3.05, 3.63) is 42.2 Å². The van der Waals surface area contributed by atoms with Gasteiger partial charge in [0.05, 0.1) is 24.5 Å². The molecule has 5 heteroatoms. The molecule has 0 radical (unpaired) electrons. The van der Waals surface area contributed by atoms with Crippen LogP contribution in [0.25, 0.3) is 0 Å². The average Bonchev–Trinajstić information content (AvgIpc) is 2.41. The third-order valence-corrected chi connectivity index (χ3v) is 2.35.